The Bertz CT molecular complexity index is 342. The van der Waals surface area contributed by atoms with Crippen molar-refractivity contribution in [2.75, 3.05) is 6.26 Å². The minimum Gasteiger partial charge on any atom is -0.128 e. The fourth-order valence-electron chi connectivity index (χ4n) is 1.51. The molecule has 2 rings (SSSR count). The van der Waals surface area contributed by atoms with Crippen LogP contribution in [0.25, 0.3) is 6.08 Å². The first kappa shape index (κ1) is 8.39. The van der Waals surface area contributed by atoms with Crippen molar-refractivity contribution in [1.29, 1.82) is 0 Å². The molecule has 0 nitrogen and oxygen atoms in total. The van der Waals surface area contributed by atoms with Crippen LogP contribution in [0.3, 0.4) is 0 Å². The molecular weight excluding hydrogens is 232 g/mol. The Hall–Kier alpha value is -0.210. The normalized spacial score (nSPS) is 13.5. The van der Waals surface area contributed by atoms with Gasteiger partial charge in [-0.05, 0) is 45.8 Å². The van der Waals surface area contributed by atoms with Gasteiger partial charge in [-0.2, -0.15) is 0 Å². The lowest BCUT2D eigenvalue weighted by Gasteiger charge is -2.07. The lowest BCUT2D eigenvalue weighted by Crippen LogP contribution is -1.86. The van der Waals surface area contributed by atoms with Gasteiger partial charge in [-0.3, -0.25) is 0 Å². The number of allylic oxidation sites excluding steroid dienone is 1. The molecule has 1 aliphatic carbocycles. The second-order valence-electron chi connectivity index (χ2n) is 2.75. The van der Waals surface area contributed by atoms with E-state index in [1.807, 2.05) is 11.8 Å². The molecule has 1 aliphatic rings. The van der Waals surface area contributed by atoms with Crippen LogP contribution in [0, 0.1) is 0 Å². The van der Waals surface area contributed by atoms with E-state index in [1.165, 1.54) is 20.5 Å². The van der Waals surface area contributed by atoms with E-state index in [2.05, 4.69) is 46.5 Å². The SMILES string of the molecule is CSc1c(Br)ccc2c1CC=C2. The Kier molecular flexibility index (Phi) is 2.28. The third kappa shape index (κ3) is 1.23. The van der Waals surface area contributed by atoms with Crippen molar-refractivity contribution in [1.82, 2.24) is 0 Å². The summed E-state index contributed by atoms with van der Waals surface area (Å²) in [5, 5.41) is 0. The molecule has 2 heteroatoms. The number of rotatable bonds is 1. The summed E-state index contributed by atoms with van der Waals surface area (Å²) < 4.78 is 1.22. The Morgan fingerprint density at radius 1 is 1.42 bits per heavy atom. The second-order valence-corrected chi connectivity index (χ2v) is 4.43. The van der Waals surface area contributed by atoms with E-state index in [0.29, 0.717) is 0 Å². The third-order valence-electron chi connectivity index (χ3n) is 2.07. The Morgan fingerprint density at radius 2 is 2.25 bits per heavy atom. The smallest absolute Gasteiger partial charge is 0.0314 e. The van der Waals surface area contributed by atoms with Gasteiger partial charge in [0.25, 0.3) is 0 Å². The minimum atomic E-state index is 1.09. The van der Waals surface area contributed by atoms with Crippen molar-refractivity contribution in [3.8, 4) is 0 Å². The number of fused-ring (bicyclic) bond motifs is 1. The van der Waals surface area contributed by atoms with Crippen LogP contribution in [0.15, 0.2) is 27.6 Å². The molecule has 1 aromatic rings. The summed E-state index contributed by atoms with van der Waals surface area (Å²) >= 11 is 5.38. The summed E-state index contributed by atoms with van der Waals surface area (Å²) in [5.74, 6) is 0. The predicted octanol–water partition coefficient (Wildman–Crippen LogP) is 3.74. The molecule has 1 aromatic carbocycles. The van der Waals surface area contributed by atoms with Gasteiger partial charge in [-0.1, -0.05) is 18.2 Å². The van der Waals surface area contributed by atoms with Crippen LogP contribution in [0.2, 0.25) is 0 Å². The van der Waals surface area contributed by atoms with Gasteiger partial charge in [-0.15, -0.1) is 11.8 Å². The molecule has 0 unspecified atom stereocenters. The molecule has 0 fully saturated rings. The third-order valence-corrected chi connectivity index (χ3v) is 3.87. The fraction of sp³-hybridized carbons (Fsp3) is 0.200. The maximum atomic E-state index is 3.56. The predicted molar refractivity (Wildman–Crippen MR) is 58.7 cm³/mol. The van der Waals surface area contributed by atoms with Crippen molar-refractivity contribution in [2.24, 2.45) is 0 Å². The Morgan fingerprint density at radius 3 is 3.00 bits per heavy atom. The van der Waals surface area contributed by atoms with Crippen LogP contribution >= 0.6 is 27.7 Å². The van der Waals surface area contributed by atoms with Gasteiger partial charge >= 0.3 is 0 Å². The number of hydrogen-bond acceptors (Lipinski definition) is 1. The zero-order valence-electron chi connectivity index (χ0n) is 6.80. The van der Waals surface area contributed by atoms with Crippen molar-refractivity contribution >= 4 is 33.8 Å². The average Bonchev–Trinajstić information content (AvgIpc) is 2.52. The van der Waals surface area contributed by atoms with Crippen LogP contribution in [0.1, 0.15) is 11.1 Å². The maximum Gasteiger partial charge on any atom is 0.0314 e. The van der Waals surface area contributed by atoms with E-state index in [1.54, 1.807) is 0 Å². The van der Waals surface area contributed by atoms with Gasteiger partial charge in [0.05, 0.1) is 0 Å². The summed E-state index contributed by atoms with van der Waals surface area (Å²) in [6.45, 7) is 0. The molecule has 0 saturated heterocycles. The van der Waals surface area contributed by atoms with Crippen LogP contribution in [0.5, 0.6) is 0 Å². The summed E-state index contributed by atoms with van der Waals surface area (Å²) in [5.41, 5.74) is 2.85. The van der Waals surface area contributed by atoms with Gasteiger partial charge in [0.1, 0.15) is 0 Å². The lowest BCUT2D eigenvalue weighted by atomic mass is 10.1. The quantitative estimate of drug-likeness (QED) is 0.675. The summed E-state index contributed by atoms with van der Waals surface area (Å²) in [7, 11) is 0. The molecular formula is C10H9BrS. The highest BCUT2D eigenvalue weighted by Gasteiger charge is 2.11. The summed E-state index contributed by atoms with van der Waals surface area (Å²) in [6, 6.07) is 4.29. The zero-order valence-corrected chi connectivity index (χ0v) is 9.21. The fourth-order valence-corrected chi connectivity index (χ4v) is 3.07. The first-order valence-electron chi connectivity index (χ1n) is 3.85. The van der Waals surface area contributed by atoms with Crippen LogP contribution in [-0.4, -0.2) is 6.26 Å². The van der Waals surface area contributed by atoms with Crippen molar-refractivity contribution in [3.63, 3.8) is 0 Å². The highest BCUT2D eigenvalue weighted by Crippen LogP contribution is 2.35. The summed E-state index contributed by atoms with van der Waals surface area (Å²) in [4.78, 5) is 1.39. The molecule has 0 aromatic heterocycles. The van der Waals surface area contributed by atoms with Gasteiger partial charge in [0.2, 0.25) is 0 Å². The van der Waals surface area contributed by atoms with Gasteiger partial charge in [-0.25, -0.2) is 0 Å². The number of thioether (sulfide) groups is 1. The maximum absolute atomic E-state index is 3.56. The van der Waals surface area contributed by atoms with E-state index in [9.17, 15) is 0 Å². The van der Waals surface area contributed by atoms with Crippen LogP contribution in [0.4, 0.5) is 0 Å². The Labute approximate surface area is 85.2 Å². The number of benzene rings is 1. The van der Waals surface area contributed by atoms with Crippen LogP contribution in [-0.2, 0) is 6.42 Å². The van der Waals surface area contributed by atoms with Crippen molar-refractivity contribution in [3.05, 3.63) is 33.8 Å². The zero-order chi connectivity index (χ0) is 8.55. The molecule has 0 aliphatic heterocycles. The summed E-state index contributed by atoms with van der Waals surface area (Å²) in [6.07, 6.45) is 7.63. The topological polar surface area (TPSA) is 0 Å². The van der Waals surface area contributed by atoms with E-state index in [4.69, 9.17) is 0 Å². The van der Waals surface area contributed by atoms with Crippen molar-refractivity contribution in [2.45, 2.75) is 11.3 Å². The van der Waals surface area contributed by atoms with Crippen LogP contribution < -0.4 is 0 Å². The highest BCUT2D eigenvalue weighted by atomic mass is 79.9. The Balaban J connectivity index is 2.61. The molecule has 0 radical (unpaired) electrons. The largest absolute Gasteiger partial charge is 0.128 e. The van der Waals surface area contributed by atoms with E-state index < -0.39 is 0 Å². The second kappa shape index (κ2) is 3.27. The molecule has 62 valence electrons. The first-order valence-corrected chi connectivity index (χ1v) is 5.86. The van der Waals surface area contributed by atoms with Gasteiger partial charge in [0, 0.05) is 9.37 Å². The molecule has 12 heavy (non-hydrogen) atoms. The molecule has 0 atom stereocenters. The molecule has 0 saturated carbocycles. The highest BCUT2D eigenvalue weighted by molar-refractivity contribution is 9.10. The van der Waals surface area contributed by atoms with E-state index in [-0.39, 0.29) is 0 Å². The van der Waals surface area contributed by atoms with E-state index in [0.717, 1.165) is 6.42 Å². The van der Waals surface area contributed by atoms with Gasteiger partial charge in [0.15, 0.2) is 0 Å². The monoisotopic (exact) mass is 240 g/mol. The molecule has 0 heterocycles. The average molecular weight is 241 g/mol. The standard InChI is InChI=1S/C10H9BrS/c1-12-10-8-4-2-3-7(8)5-6-9(10)11/h2-3,5-6H,4H2,1H3. The molecule has 0 N–H and O–H groups in total. The number of hydrogen-bond donors (Lipinski definition) is 0. The molecule has 0 bridgehead atoms. The van der Waals surface area contributed by atoms with Crippen molar-refractivity contribution < 1.29 is 0 Å². The van der Waals surface area contributed by atoms with E-state index >= 15 is 0 Å². The molecule has 0 spiro atoms. The number of halogens is 1. The minimum absolute atomic E-state index is 1.09. The first-order chi connectivity index (χ1) is 5.83. The van der Waals surface area contributed by atoms with Gasteiger partial charge < -0.3 is 0 Å². The molecule has 0 amide bonds. The lowest BCUT2D eigenvalue weighted by molar-refractivity contribution is 1.19.